The summed E-state index contributed by atoms with van der Waals surface area (Å²) in [5.41, 5.74) is -0.578. The minimum atomic E-state index is -0.746. The molecule has 13 heavy (non-hydrogen) atoms. The molecule has 0 N–H and O–H groups in total. The smallest absolute Gasteiger partial charge is 0.374 e. The van der Waals surface area contributed by atoms with Crippen molar-refractivity contribution in [2.45, 2.75) is 19.8 Å². The predicted octanol–water partition coefficient (Wildman–Crippen LogP) is 0.545. The Morgan fingerprint density at radius 2 is 1.85 bits per heavy atom. The lowest BCUT2D eigenvalue weighted by Gasteiger charge is -2.30. The van der Waals surface area contributed by atoms with Gasteiger partial charge in [0.2, 0.25) is 5.78 Å². The van der Waals surface area contributed by atoms with Crippen molar-refractivity contribution in [2.75, 3.05) is 20.3 Å². The zero-order chi connectivity index (χ0) is 9.90. The van der Waals surface area contributed by atoms with E-state index < -0.39 is 17.2 Å². The van der Waals surface area contributed by atoms with Crippen LogP contribution in [0.4, 0.5) is 0 Å². The third-order valence-electron chi connectivity index (χ3n) is 2.52. The van der Waals surface area contributed by atoms with Crippen LogP contribution in [0.15, 0.2) is 0 Å². The van der Waals surface area contributed by atoms with Gasteiger partial charge in [-0.15, -0.1) is 0 Å². The van der Waals surface area contributed by atoms with E-state index in [1.54, 1.807) is 6.92 Å². The number of ether oxygens (including phenoxy) is 2. The van der Waals surface area contributed by atoms with Crippen LogP contribution in [-0.2, 0) is 19.1 Å². The Morgan fingerprint density at radius 3 is 2.31 bits per heavy atom. The number of hydrogen-bond donors (Lipinski definition) is 0. The molecule has 0 aliphatic carbocycles. The molecule has 0 aromatic heterocycles. The fourth-order valence-electron chi connectivity index (χ4n) is 1.39. The molecule has 1 saturated heterocycles. The molecular weight excluding hydrogens is 172 g/mol. The summed E-state index contributed by atoms with van der Waals surface area (Å²) in [6.45, 7) is 2.87. The van der Waals surface area contributed by atoms with Gasteiger partial charge in [0.15, 0.2) is 0 Å². The molecule has 0 aromatic rings. The predicted molar refractivity (Wildman–Crippen MR) is 45.2 cm³/mol. The maximum absolute atomic E-state index is 11.5. The van der Waals surface area contributed by atoms with Gasteiger partial charge in [-0.3, -0.25) is 4.79 Å². The van der Waals surface area contributed by atoms with Crippen molar-refractivity contribution in [3.63, 3.8) is 0 Å². The number of carbonyl (C=O) groups excluding carboxylic acids is 2. The van der Waals surface area contributed by atoms with E-state index in [0.29, 0.717) is 26.1 Å². The third-order valence-corrected chi connectivity index (χ3v) is 2.52. The summed E-state index contributed by atoms with van der Waals surface area (Å²) in [5, 5.41) is 0. The lowest BCUT2D eigenvalue weighted by Crippen LogP contribution is -2.39. The van der Waals surface area contributed by atoms with Crippen LogP contribution in [0, 0.1) is 5.41 Å². The van der Waals surface area contributed by atoms with Crippen LogP contribution in [0.5, 0.6) is 0 Å². The molecule has 0 bridgehead atoms. The Morgan fingerprint density at radius 1 is 1.31 bits per heavy atom. The number of Topliss-reactive ketones (excluding diaryl/α,β-unsaturated/α-hetero) is 1. The average molecular weight is 186 g/mol. The van der Waals surface area contributed by atoms with Gasteiger partial charge in [-0.05, 0) is 12.8 Å². The second-order valence-electron chi connectivity index (χ2n) is 3.49. The number of ketones is 1. The van der Waals surface area contributed by atoms with Crippen molar-refractivity contribution in [1.29, 1.82) is 0 Å². The number of hydrogen-bond acceptors (Lipinski definition) is 4. The maximum atomic E-state index is 11.5. The third kappa shape index (κ3) is 2.06. The molecular formula is C9H14O4. The van der Waals surface area contributed by atoms with Crippen molar-refractivity contribution in [3.8, 4) is 0 Å². The second kappa shape index (κ2) is 3.87. The van der Waals surface area contributed by atoms with E-state index in [2.05, 4.69) is 4.74 Å². The molecule has 0 spiro atoms. The van der Waals surface area contributed by atoms with Crippen LogP contribution in [0.3, 0.4) is 0 Å². The molecule has 0 atom stereocenters. The van der Waals surface area contributed by atoms with Gasteiger partial charge >= 0.3 is 5.97 Å². The monoisotopic (exact) mass is 186 g/mol. The summed E-state index contributed by atoms with van der Waals surface area (Å²) in [5.74, 6) is -1.18. The van der Waals surface area contributed by atoms with Crippen LogP contribution in [-0.4, -0.2) is 32.1 Å². The van der Waals surface area contributed by atoms with Gasteiger partial charge in [-0.25, -0.2) is 4.79 Å². The lowest BCUT2D eigenvalue weighted by atomic mass is 9.78. The van der Waals surface area contributed by atoms with Gasteiger partial charge < -0.3 is 9.47 Å². The van der Waals surface area contributed by atoms with Crippen LogP contribution >= 0.6 is 0 Å². The number of carbonyl (C=O) groups is 2. The van der Waals surface area contributed by atoms with E-state index >= 15 is 0 Å². The molecule has 4 heteroatoms. The van der Waals surface area contributed by atoms with Crippen LogP contribution in [0.1, 0.15) is 19.8 Å². The Kier molecular flexibility index (Phi) is 3.03. The molecule has 74 valence electrons. The molecule has 0 aromatic carbocycles. The Balaban J connectivity index is 2.67. The van der Waals surface area contributed by atoms with Crippen LogP contribution in [0.25, 0.3) is 0 Å². The quantitative estimate of drug-likeness (QED) is 0.466. The minimum Gasteiger partial charge on any atom is -0.463 e. The molecule has 0 radical (unpaired) electrons. The summed E-state index contributed by atoms with van der Waals surface area (Å²) < 4.78 is 9.53. The van der Waals surface area contributed by atoms with Crippen molar-refractivity contribution in [2.24, 2.45) is 5.41 Å². The first-order chi connectivity index (χ1) is 6.10. The van der Waals surface area contributed by atoms with E-state index in [1.165, 1.54) is 7.11 Å². The number of rotatable bonds is 2. The van der Waals surface area contributed by atoms with Crippen LogP contribution in [0.2, 0.25) is 0 Å². The van der Waals surface area contributed by atoms with Crippen molar-refractivity contribution >= 4 is 11.8 Å². The van der Waals surface area contributed by atoms with Gasteiger partial charge in [0.05, 0.1) is 7.11 Å². The molecule has 0 saturated carbocycles. The highest BCUT2D eigenvalue weighted by Crippen LogP contribution is 2.30. The SMILES string of the molecule is COC(=O)C(=O)C1(C)CCOCC1. The Bertz CT molecular complexity index is 216. The molecule has 1 aliphatic heterocycles. The summed E-state index contributed by atoms with van der Waals surface area (Å²) in [6, 6.07) is 0. The van der Waals surface area contributed by atoms with E-state index in [4.69, 9.17) is 4.74 Å². The van der Waals surface area contributed by atoms with Gasteiger partial charge in [-0.2, -0.15) is 0 Å². The van der Waals surface area contributed by atoms with Crippen molar-refractivity contribution in [1.82, 2.24) is 0 Å². The first-order valence-corrected chi connectivity index (χ1v) is 4.31. The zero-order valence-corrected chi connectivity index (χ0v) is 7.96. The molecule has 1 aliphatic rings. The highest BCUT2D eigenvalue weighted by atomic mass is 16.5. The summed E-state index contributed by atoms with van der Waals surface area (Å²) in [7, 11) is 1.23. The summed E-state index contributed by atoms with van der Waals surface area (Å²) >= 11 is 0. The molecule has 4 nitrogen and oxygen atoms in total. The lowest BCUT2D eigenvalue weighted by molar-refractivity contribution is -0.158. The molecule has 0 amide bonds. The standard InChI is InChI=1S/C9H14O4/c1-9(3-5-13-6-4-9)7(10)8(11)12-2/h3-6H2,1-2H3. The highest BCUT2D eigenvalue weighted by Gasteiger charge is 2.39. The normalized spacial score (nSPS) is 20.8. The maximum Gasteiger partial charge on any atom is 0.374 e. The van der Waals surface area contributed by atoms with Crippen molar-refractivity contribution < 1.29 is 19.1 Å². The summed E-state index contributed by atoms with van der Waals surface area (Å²) in [4.78, 5) is 22.5. The van der Waals surface area contributed by atoms with E-state index in [9.17, 15) is 9.59 Å². The Labute approximate surface area is 77.2 Å². The number of esters is 1. The fourth-order valence-corrected chi connectivity index (χ4v) is 1.39. The number of methoxy groups -OCH3 is 1. The van der Waals surface area contributed by atoms with Gasteiger partial charge in [0.25, 0.3) is 0 Å². The largest absolute Gasteiger partial charge is 0.463 e. The van der Waals surface area contributed by atoms with E-state index in [0.717, 1.165) is 0 Å². The first kappa shape index (κ1) is 10.2. The molecule has 1 rings (SSSR count). The molecule has 1 fully saturated rings. The fraction of sp³-hybridized carbons (Fsp3) is 0.778. The second-order valence-corrected chi connectivity index (χ2v) is 3.49. The van der Waals surface area contributed by atoms with Gasteiger partial charge in [0.1, 0.15) is 0 Å². The average Bonchev–Trinajstić information content (AvgIpc) is 2.16. The Hall–Kier alpha value is -0.900. The summed E-state index contributed by atoms with van der Waals surface area (Å²) in [6.07, 6.45) is 1.20. The van der Waals surface area contributed by atoms with E-state index in [1.807, 2.05) is 0 Å². The molecule has 1 heterocycles. The minimum absolute atomic E-state index is 0.432. The highest BCUT2D eigenvalue weighted by molar-refractivity contribution is 6.35. The topological polar surface area (TPSA) is 52.6 Å². The van der Waals surface area contributed by atoms with Crippen LogP contribution < -0.4 is 0 Å². The first-order valence-electron chi connectivity index (χ1n) is 4.31. The molecule has 0 unspecified atom stereocenters. The van der Waals surface area contributed by atoms with Gasteiger partial charge in [-0.1, -0.05) is 6.92 Å². The zero-order valence-electron chi connectivity index (χ0n) is 7.96. The van der Waals surface area contributed by atoms with Gasteiger partial charge in [0, 0.05) is 18.6 Å². The van der Waals surface area contributed by atoms with E-state index in [-0.39, 0.29) is 0 Å². The van der Waals surface area contributed by atoms with Crippen molar-refractivity contribution in [3.05, 3.63) is 0 Å².